The van der Waals surface area contributed by atoms with Crippen LogP contribution in [0.3, 0.4) is 0 Å². The molecule has 9 heteroatoms. The first-order valence-corrected chi connectivity index (χ1v) is 9.85. The summed E-state index contributed by atoms with van der Waals surface area (Å²) >= 11 is 0. The lowest BCUT2D eigenvalue weighted by Crippen LogP contribution is -2.14. The van der Waals surface area contributed by atoms with E-state index in [9.17, 15) is 8.78 Å². The SMILES string of the molecule is CC(Nc1nc(Nc2cc(C3CC3)[nH]n2)nc(C2CC2)n1)c1ccc(F)cc1F. The lowest BCUT2D eigenvalue weighted by molar-refractivity contribution is 0.566. The molecule has 1 unspecified atom stereocenters. The van der Waals surface area contributed by atoms with Crippen LogP contribution in [0.5, 0.6) is 0 Å². The van der Waals surface area contributed by atoms with E-state index in [-0.39, 0.29) is 0 Å². The van der Waals surface area contributed by atoms with Crippen molar-refractivity contribution in [2.24, 2.45) is 0 Å². The highest BCUT2D eigenvalue weighted by Crippen LogP contribution is 2.40. The zero-order valence-corrected chi connectivity index (χ0v) is 15.9. The third-order valence-corrected chi connectivity index (χ3v) is 5.22. The largest absolute Gasteiger partial charge is 0.347 e. The summed E-state index contributed by atoms with van der Waals surface area (Å²) in [7, 11) is 0. The van der Waals surface area contributed by atoms with Gasteiger partial charge >= 0.3 is 0 Å². The monoisotopic (exact) mass is 397 g/mol. The second kappa shape index (κ2) is 7.06. The quantitative estimate of drug-likeness (QED) is 0.542. The molecule has 150 valence electrons. The van der Waals surface area contributed by atoms with E-state index in [1.54, 1.807) is 6.92 Å². The van der Waals surface area contributed by atoms with Crippen molar-refractivity contribution in [1.82, 2.24) is 25.1 Å². The lowest BCUT2D eigenvalue weighted by atomic mass is 10.1. The standard InChI is InChI=1S/C20H21F2N7/c1-10(14-7-6-13(21)8-15(14)22)23-19-25-18(12-4-5-12)26-20(27-19)24-17-9-16(28-29-17)11-2-3-11/h6-12H,2-5H2,1H3,(H3,23,24,25,26,27,28,29). The van der Waals surface area contributed by atoms with Crippen LogP contribution in [0.4, 0.5) is 26.5 Å². The molecule has 3 N–H and O–H groups in total. The van der Waals surface area contributed by atoms with Crippen molar-refractivity contribution >= 4 is 17.7 Å². The maximum absolute atomic E-state index is 14.1. The number of hydrogen-bond acceptors (Lipinski definition) is 6. The highest BCUT2D eigenvalue weighted by Gasteiger charge is 2.29. The van der Waals surface area contributed by atoms with Crippen molar-refractivity contribution in [3.63, 3.8) is 0 Å². The van der Waals surface area contributed by atoms with E-state index in [1.807, 2.05) is 6.07 Å². The molecule has 3 aromatic rings. The van der Waals surface area contributed by atoms with Crippen molar-refractivity contribution in [1.29, 1.82) is 0 Å². The number of aromatic amines is 1. The molecule has 0 aliphatic heterocycles. The van der Waals surface area contributed by atoms with Gasteiger partial charge in [-0.15, -0.1) is 0 Å². The molecule has 2 fully saturated rings. The molecule has 2 aliphatic rings. The summed E-state index contributed by atoms with van der Waals surface area (Å²) in [6, 6.07) is 5.07. The first-order chi connectivity index (χ1) is 14.0. The fourth-order valence-electron chi connectivity index (χ4n) is 3.28. The second-order valence-corrected chi connectivity index (χ2v) is 7.75. The molecule has 0 radical (unpaired) electrons. The Morgan fingerprint density at radius 3 is 2.48 bits per heavy atom. The van der Waals surface area contributed by atoms with Crippen LogP contribution in [0.15, 0.2) is 24.3 Å². The Balaban J connectivity index is 1.38. The maximum atomic E-state index is 14.1. The van der Waals surface area contributed by atoms with Crippen molar-refractivity contribution < 1.29 is 8.78 Å². The van der Waals surface area contributed by atoms with Crippen LogP contribution in [0.2, 0.25) is 0 Å². The zero-order chi connectivity index (χ0) is 20.0. The summed E-state index contributed by atoms with van der Waals surface area (Å²) in [5.74, 6) is 1.77. The lowest BCUT2D eigenvalue weighted by Gasteiger charge is -2.16. The molecular formula is C20H21F2N7. The number of halogens is 2. The predicted molar refractivity (Wildman–Crippen MR) is 104 cm³/mol. The molecule has 0 spiro atoms. The van der Waals surface area contributed by atoms with E-state index in [0.717, 1.165) is 24.6 Å². The predicted octanol–water partition coefficient (Wildman–Crippen LogP) is 4.54. The molecule has 29 heavy (non-hydrogen) atoms. The van der Waals surface area contributed by atoms with Crippen LogP contribution in [-0.4, -0.2) is 25.1 Å². The van der Waals surface area contributed by atoms with Crippen molar-refractivity contribution in [3.05, 3.63) is 53.0 Å². The number of rotatable bonds is 7. The van der Waals surface area contributed by atoms with Gasteiger partial charge in [-0.3, -0.25) is 5.10 Å². The van der Waals surface area contributed by atoms with Crippen LogP contribution in [-0.2, 0) is 0 Å². The van der Waals surface area contributed by atoms with Crippen molar-refractivity contribution in [3.8, 4) is 0 Å². The minimum Gasteiger partial charge on any atom is -0.347 e. The van der Waals surface area contributed by atoms with E-state index in [4.69, 9.17) is 0 Å². The van der Waals surface area contributed by atoms with E-state index >= 15 is 0 Å². The molecule has 1 aromatic carbocycles. The molecule has 0 amide bonds. The smallest absolute Gasteiger partial charge is 0.233 e. The van der Waals surface area contributed by atoms with E-state index in [0.29, 0.717) is 40.9 Å². The summed E-state index contributed by atoms with van der Waals surface area (Å²) in [6.45, 7) is 1.78. The van der Waals surface area contributed by atoms with Gasteiger partial charge in [0, 0.05) is 35.2 Å². The van der Waals surface area contributed by atoms with E-state index in [1.165, 1.54) is 25.0 Å². The molecule has 2 aromatic heterocycles. The summed E-state index contributed by atoms with van der Waals surface area (Å²) < 4.78 is 27.3. The fourth-order valence-corrected chi connectivity index (χ4v) is 3.28. The Kier molecular flexibility index (Phi) is 4.37. The first kappa shape index (κ1) is 18.0. The maximum Gasteiger partial charge on any atom is 0.233 e. The zero-order valence-electron chi connectivity index (χ0n) is 15.9. The fraction of sp³-hybridized carbons (Fsp3) is 0.400. The number of nitrogens with one attached hydrogen (secondary N) is 3. The Bertz CT molecular complexity index is 1040. The Morgan fingerprint density at radius 1 is 1.00 bits per heavy atom. The van der Waals surface area contributed by atoms with Gasteiger partial charge < -0.3 is 10.6 Å². The minimum absolute atomic E-state index is 0.318. The Hall–Kier alpha value is -3.10. The number of hydrogen-bond donors (Lipinski definition) is 3. The minimum atomic E-state index is -0.607. The van der Waals surface area contributed by atoms with Crippen LogP contribution in [0.25, 0.3) is 0 Å². The van der Waals surface area contributed by atoms with E-state index in [2.05, 4.69) is 35.8 Å². The summed E-state index contributed by atoms with van der Waals surface area (Å²) in [5.41, 5.74) is 1.46. The molecule has 7 nitrogen and oxygen atoms in total. The number of nitrogens with zero attached hydrogens (tertiary/aromatic N) is 4. The van der Waals surface area contributed by atoms with Gasteiger partial charge in [-0.1, -0.05) is 6.07 Å². The average Bonchev–Trinajstić information content (AvgIpc) is 3.60. The van der Waals surface area contributed by atoms with Gasteiger partial charge in [0.15, 0.2) is 5.82 Å². The first-order valence-electron chi connectivity index (χ1n) is 9.85. The van der Waals surface area contributed by atoms with Gasteiger partial charge in [0.05, 0.1) is 6.04 Å². The molecule has 2 saturated carbocycles. The molecule has 1 atom stereocenters. The van der Waals surface area contributed by atoms with Gasteiger partial charge in [0.25, 0.3) is 0 Å². The van der Waals surface area contributed by atoms with E-state index < -0.39 is 17.7 Å². The normalized spacial score (nSPS) is 17.2. The van der Waals surface area contributed by atoms with Crippen LogP contribution in [0.1, 0.15) is 67.6 Å². The number of benzene rings is 1. The highest BCUT2D eigenvalue weighted by atomic mass is 19.1. The molecule has 0 bridgehead atoms. The topological polar surface area (TPSA) is 91.4 Å². The number of aromatic nitrogens is 5. The summed E-state index contributed by atoms with van der Waals surface area (Å²) in [4.78, 5) is 13.4. The third-order valence-electron chi connectivity index (χ3n) is 5.22. The molecule has 2 aliphatic carbocycles. The molecule has 5 rings (SSSR count). The molecular weight excluding hydrogens is 376 g/mol. The van der Waals surface area contributed by atoms with Gasteiger partial charge in [-0.05, 0) is 38.7 Å². The van der Waals surface area contributed by atoms with Crippen LogP contribution < -0.4 is 10.6 Å². The average molecular weight is 397 g/mol. The molecule has 0 saturated heterocycles. The van der Waals surface area contributed by atoms with Gasteiger partial charge in [0.1, 0.15) is 17.5 Å². The third kappa shape index (κ3) is 4.03. The van der Waals surface area contributed by atoms with Crippen LogP contribution >= 0.6 is 0 Å². The summed E-state index contributed by atoms with van der Waals surface area (Å²) in [6.07, 6.45) is 4.45. The second-order valence-electron chi connectivity index (χ2n) is 7.75. The Morgan fingerprint density at radius 2 is 1.76 bits per heavy atom. The highest BCUT2D eigenvalue weighted by molar-refractivity contribution is 5.50. The van der Waals surface area contributed by atoms with Crippen LogP contribution in [0, 0.1) is 11.6 Å². The Labute approximate surface area is 166 Å². The van der Waals surface area contributed by atoms with Gasteiger partial charge in [0.2, 0.25) is 11.9 Å². The van der Waals surface area contributed by atoms with Crippen molar-refractivity contribution in [2.45, 2.75) is 50.5 Å². The number of anilines is 3. The van der Waals surface area contributed by atoms with Crippen molar-refractivity contribution in [2.75, 3.05) is 10.6 Å². The summed E-state index contributed by atoms with van der Waals surface area (Å²) in [5, 5.41) is 13.6. The molecule has 2 heterocycles. The number of H-pyrrole nitrogens is 1. The van der Waals surface area contributed by atoms with Gasteiger partial charge in [-0.25, -0.2) is 8.78 Å². The van der Waals surface area contributed by atoms with Gasteiger partial charge in [-0.2, -0.15) is 20.1 Å².